The van der Waals surface area contributed by atoms with Crippen LogP contribution in [0.5, 0.6) is 0 Å². The topological polar surface area (TPSA) is 13.1 Å². The van der Waals surface area contributed by atoms with Crippen LogP contribution in [0.2, 0.25) is 0 Å². The lowest BCUT2D eigenvalue weighted by Crippen LogP contribution is -2.16. The van der Waals surface area contributed by atoms with Gasteiger partial charge in [-0.2, -0.15) is 0 Å². The first-order valence-electron chi connectivity index (χ1n) is 37.4. The third kappa shape index (κ3) is 13.0. The summed E-state index contributed by atoms with van der Waals surface area (Å²) in [7, 11) is 0. The minimum atomic E-state index is -0.0963. The highest BCUT2D eigenvalue weighted by Crippen LogP contribution is 2.52. The van der Waals surface area contributed by atoms with E-state index in [0.29, 0.717) is 0 Å². The van der Waals surface area contributed by atoms with Gasteiger partial charge in [0.25, 0.3) is 0 Å². The van der Waals surface area contributed by atoms with Crippen LogP contribution in [0.25, 0.3) is 122 Å². The molecular formula is C105H80BrN3. The Morgan fingerprint density at radius 3 is 1.14 bits per heavy atom. The number of anilines is 3. The zero-order valence-electron chi connectivity index (χ0n) is 61.5. The highest BCUT2D eigenvalue weighted by atomic mass is 79.9. The summed E-state index contributed by atoms with van der Waals surface area (Å²) in [6.45, 7) is 9.39. The highest BCUT2D eigenvalue weighted by Gasteiger charge is 2.37. The van der Waals surface area contributed by atoms with Crippen LogP contribution in [0.4, 0.5) is 17.1 Å². The fraction of sp³-hybridized carbons (Fsp3) is 0.0667. The minimum Gasteiger partial charge on any atom is -0.310 e. The summed E-state index contributed by atoms with van der Waals surface area (Å²) >= 11 is 3.58. The third-order valence-corrected chi connectivity index (χ3v) is 22.6. The zero-order valence-corrected chi connectivity index (χ0v) is 63.1. The van der Waals surface area contributed by atoms with Crippen LogP contribution in [0.3, 0.4) is 0 Å². The zero-order chi connectivity index (χ0) is 74.2. The standard InChI is InChI=1S/C51H38N2.C28H24.C24H16BrN.C2H2/c1-51(2)47-22-11-9-20-43(47)44-30-29-42(34-48(44)51)52(40-27-24-36(25-28-40)35-14-5-3-6-15-35)41-19-13-16-37(32-41)38-26-31-50-46(33-38)45-21-10-12-23-49(45)53(50)39-17-7-4-8-18-39;1-28(2)26-11-7-6-10-24(26)25-17-14-21(19-27(25)28)18-20-12-15-23(16-13-20)22-8-4-3-5-9-22;25-19-8-6-7-17(15-19)18-13-14-24-22(16-18)21-11-4-5-12-23(21)26(24)20-9-2-1-3-10-20;1-2/h3-34H,1-2H3;3-17,19H,18H2,1-2H3;1-16H;1-2H. The van der Waals surface area contributed by atoms with Crippen molar-refractivity contribution in [3.63, 3.8) is 0 Å². The van der Waals surface area contributed by atoms with Gasteiger partial charge in [0.2, 0.25) is 0 Å². The van der Waals surface area contributed by atoms with Crippen molar-refractivity contribution in [2.75, 3.05) is 4.90 Å². The maximum atomic E-state index is 4.00. The lowest BCUT2D eigenvalue weighted by atomic mass is 9.81. The minimum absolute atomic E-state index is 0.0686. The molecule has 109 heavy (non-hydrogen) atoms. The number of fused-ring (bicyclic) bond motifs is 12. The van der Waals surface area contributed by atoms with Crippen molar-refractivity contribution in [1.29, 1.82) is 0 Å². The molecule has 2 heterocycles. The maximum Gasteiger partial charge on any atom is 0.0541 e. The number of para-hydroxylation sites is 4. The number of hydrogen-bond donors (Lipinski definition) is 0. The van der Waals surface area contributed by atoms with Crippen LogP contribution >= 0.6 is 15.9 Å². The van der Waals surface area contributed by atoms with Gasteiger partial charge in [-0.3, -0.25) is 0 Å². The molecular weight excluding hydrogens is 1380 g/mol. The monoisotopic (exact) mass is 1460 g/mol. The molecule has 0 amide bonds. The van der Waals surface area contributed by atoms with Gasteiger partial charge in [0.05, 0.1) is 22.1 Å². The molecule has 3 nitrogen and oxygen atoms in total. The molecule has 16 aromatic carbocycles. The number of nitrogens with zero attached hydrogens (tertiary/aromatic N) is 3. The lowest BCUT2D eigenvalue weighted by Gasteiger charge is -2.28. The average Bonchev–Trinajstić information content (AvgIpc) is 1.60. The number of benzene rings is 16. The van der Waals surface area contributed by atoms with Gasteiger partial charge in [0, 0.05) is 65.3 Å². The van der Waals surface area contributed by atoms with Gasteiger partial charge in [-0.25, -0.2) is 0 Å². The van der Waals surface area contributed by atoms with E-state index in [1.54, 1.807) is 0 Å². The Kier molecular flexibility index (Phi) is 18.6. The van der Waals surface area contributed by atoms with Crippen LogP contribution in [0, 0.1) is 12.8 Å². The van der Waals surface area contributed by atoms with Crippen molar-refractivity contribution < 1.29 is 0 Å². The molecule has 20 rings (SSSR count). The first-order chi connectivity index (χ1) is 53.5. The van der Waals surface area contributed by atoms with E-state index in [1.165, 1.54) is 155 Å². The molecule has 0 N–H and O–H groups in total. The average molecular weight is 1460 g/mol. The van der Waals surface area contributed by atoms with E-state index in [-0.39, 0.29) is 10.8 Å². The Labute approximate surface area is 648 Å². The van der Waals surface area contributed by atoms with Gasteiger partial charge >= 0.3 is 0 Å². The predicted molar refractivity (Wildman–Crippen MR) is 466 cm³/mol. The molecule has 0 atom stereocenters. The Morgan fingerprint density at radius 1 is 0.257 bits per heavy atom. The van der Waals surface area contributed by atoms with E-state index >= 15 is 0 Å². The molecule has 4 heteroatoms. The molecule has 0 fully saturated rings. The van der Waals surface area contributed by atoms with Crippen LogP contribution in [0.15, 0.2) is 393 Å². The molecule has 2 aromatic heterocycles. The van der Waals surface area contributed by atoms with Crippen LogP contribution in [0.1, 0.15) is 61.1 Å². The van der Waals surface area contributed by atoms with E-state index in [4.69, 9.17) is 0 Å². The molecule has 522 valence electrons. The van der Waals surface area contributed by atoms with Crippen molar-refractivity contribution in [3.8, 4) is 91.0 Å². The summed E-state index contributed by atoms with van der Waals surface area (Å²) in [4.78, 5) is 2.41. The lowest BCUT2D eigenvalue weighted by molar-refractivity contribution is 0.659. The summed E-state index contributed by atoms with van der Waals surface area (Å²) in [5.41, 5.74) is 34.2. The largest absolute Gasteiger partial charge is 0.310 e. The van der Waals surface area contributed by atoms with Gasteiger partial charge in [-0.1, -0.05) is 323 Å². The summed E-state index contributed by atoms with van der Waals surface area (Å²) in [6, 6.07) is 141. The first kappa shape index (κ1) is 69.0. The van der Waals surface area contributed by atoms with Gasteiger partial charge in [0.15, 0.2) is 0 Å². The summed E-state index contributed by atoms with van der Waals surface area (Å²) in [5.74, 6) is 0. The summed E-state index contributed by atoms with van der Waals surface area (Å²) < 4.78 is 5.82. The van der Waals surface area contributed by atoms with Gasteiger partial charge in [-0.15, -0.1) is 12.8 Å². The van der Waals surface area contributed by atoms with Gasteiger partial charge in [-0.05, 0) is 216 Å². The molecule has 0 aliphatic heterocycles. The van der Waals surface area contributed by atoms with Crippen molar-refractivity contribution >= 4 is 76.6 Å². The molecule has 0 unspecified atom stereocenters. The Hall–Kier alpha value is -13.0. The van der Waals surface area contributed by atoms with Crippen LogP contribution in [-0.2, 0) is 17.3 Å². The summed E-state index contributed by atoms with van der Waals surface area (Å²) in [6.07, 6.45) is 8.97. The van der Waals surface area contributed by atoms with E-state index < -0.39 is 0 Å². The van der Waals surface area contributed by atoms with Gasteiger partial charge in [0.1, 0.15) is 0 Å². The number of terminal acetylenes is 1. The normalized spacial score (nSPS) is 12.5. The number of halogens is 1. The Balaban J connectivity index is 0.000000130. The molecule has 0 spiro atoms. The quantitative estimate of drug-likeness (QED) is 0.118. The van der Waals surface area contributed by atoms with E-state index in [2.05, 4.69) is 459 Å². The van der Waals surface area contributed by atoms with E-state index in [1.807, 2.05) is 0 Å². The molecule has 2 aliphatic rings. The molecule has 18 aromatic rings. The molecule has 0 saturated carbocycles. The third-order valence-electron chi connectivity index (χ3n) is 22.1. The van der Waals surface area contributed by atoms with Crippen molar-refractivity contribution in [3.05, 3.63) is 426 Å². The van der Waals surface area contributed by atoms with Crippen molar-refractivity contribution in [2.45, 2.75) is 44.9 Å². The number of hydrogen-bond acceptors (Lipinski definition) is 1. The fourth-order valence-electron chi connectivity index (χ4n) is 16.8. The number of rotatable bonds is 11. The smallest absolute Gasteiger partial charge is 0.0541 e. The SMILES string of the molecule is Brc1cccc(-c2ccc3c(c2)c2ccccc2n3-c2ccccc2)c1.C#C.CC1(C)c2ccccc2-c2ccc(Cc3ccc(-c4ccccc4)cc3)cc21.CC1(C)c2ccccc2-c2ccc(N(c3ccc(-c4ccccc4)cc3)c3cccc(-c4ccc5c(c4)c4ccccc4n5-c4ccccc4)c3)cc21. The molecule has 2 aliphatic carbocycles. The summed E-state index contributed by atoms with van der Waals surface area (Å²) in [5, 5.41) is 5.07. The second kappa shape index (κ2) is 29.4. The van der Waals surface area contributed by atoms with Crippen LogP contribution < -0.4 is 4.90 Å². The Bertz CT molecular complexity index is 6380. The second-order valence-electron chi connectivity index (χ2n) is 29.3. The predicted octanol–water partition coefficient (Wildman–Crippen LogP) is 28.6. The molecule has 0 saturated heterocycles. The number of aromatic nitrogens is 2. The Morgan fingerprint density at radius 2 is 0.615 bits per heavy atom. The fourth-order valence-corrected chi connectivity index (χ4v) is 17.2. The van der Waals surface area contributed by atoms with E-state index in [0.717, 1.165) is 28.0 Å². The molecule has 0 bridgehead atoms. The van der Waals surface area contributed by atoms with E-state index in [9.17, 15) is 0 Å². The van der Waals surface area contributed by atoms with Crippen molar-refractivity contribution in [2.24, 2.45) is 0 Å². The first-order valence-corrected chi connectivity index (χ1v) is 38.2. The van der Waals surface area contributed by atoms with Crippen molar-refractivity contribution in [1.82, 2.24) is 9.13 Å². The second-order valence-corrected chi connectivity index (χ2v) is 30.3. The van der Waals surface area contributed by atoms with Gasteiger partial charge < -0.3 is 14.0 Å². The maximum absolute atomic E-state index is 4.00. The molecule has 0 radical (unpaired) electrons. The van der Waals surface area contributed by atoms with Crippen LogP contribution in [-0.4, -0.2) is 9.13 Å². The highest BCUT2D eigenvalue weighted by molar-refractivity contribution is 9.10.